The highest BCUT2D eigenvalue weighted by Gasteiger charge is 2.33. The van der Waals surface area contributed by atoms with Crippen molar-refractivity contribution in [3.8, 4) is 0 Å². The second-order valence-corrected chi connectivity index (χ2v) is 7.02. The van der Waals surface area contributed by atoms with Crippen molar-refractivity contribution in [2.24, 2.45) is 5.92 Å². The van der Waals surface area contributed by atoms with Crippen LogP contribution < -0.4 is 5.32 Å². The van der Waals surface area contributed by atoms with Crippen LogP contribution in [0.15, 0.2) is 22.7 Å². The van der Waals surface area contributed by atoms with Gasteiger partial charge in [0.15, 0.2) is 0 Å². The number of piperazine rings is 1. The first-order valence-electron chi connectivity index (χ1n) is 7.60. The van der Waals surface area contributed by atoms with Crippen molar-refractivity contribution in [1.82, 2.24) is 10.2 Å². The minimum Gasteiger partial charge on any atom is -0.314 e. The van der Waals surface area contributed by atoms with Crippen LogP contribution >= 0.6 is 40.7 Å². The second kappa shape index (κ2) is 10.2. The minimum atomic E-state index is -4.30. The molecule has 1 fully saturated rings. The molecule has 0 spiro atoms. The van der Waals surface area contributed by atoms with E-state index in [2.05, 4.69) is 40.0 Å². The second-order valence-electron chi connectivity index (χ2n) is 6.17. The van der Waals surface area contributed by atoms with Crippen LogP contribution in [-0.4, -0.2) is 31.1 Å². The maximum Gasteiger partial charge on any atom is 0.416 e. The molecule has 0 amide bonds. The van der Waals surface area contributed by atoms with Crippen molar-refractivity contribution >= 4 is 40.7 Å². The third kappa shape index (κ3) is 6.37. The quantitative estimate of drug-likeness (QED) is 0.667. The zero-order valence-electron chi connectivity index (χ0n) is 13.7. The van der Waals surface area contributed by atoms with E-state index < -0.39 is 11.7 Å². The number of nitrogens with zero attached hydrogens (tertiary/aromatic N) is 1. The zero-order chi connectivity index (χ0) is 16.3. The summed E-state index contributed by atoms with van der Waals surface area (Å²) >= 11 is 3.44. The lowest BCUT2D eigenvalue weighted by atomic mass is 9.93. The Morgan fingerprint density at radius 2 is 1.75 bits per heavy atom. The fourth-order valence-electron chi connectivity index (χ4n) is 2.89. The molecule has 1 saturated heterocycles. The summed E-state index contributed by atoms with van der Waals surface area (Å²) in [4.78, 5) is 2.29. The van der Waals surface area contributed by atoms with Gasteiger partial charge in [0.1, 0.15) is 0 Å². The summed E-state index contributed by atoms with van der Waals surface area (Å²) in [6.45, 7) is 7.70. The van der Waals surface area contributed by atoms with Crippen LogP contribution in [0.25, 0.3) is 0 Å². The predicted molar refractivity (Wildman–Crippen MR) is 100 cm³/mol. The zero-order valence-corrected chi connectivity index (χ0v) is 16.9. The predicted octanol–water partition coefficient (Wildman–Crippen LogP) is 5.30. The molecule has 0 aliphatic carbocycles. The van der Waals surface area contributed by atoms with Gasteiger partial charge in [0, 0.05) is 36.7 Å². The maximum atomic E-state index is 13.0. The lowest BCUT2D eigenvalue weighted by Gasteiger charge is -2.37. The van der Waals surface area contributed by atoms with Gasteiger partial charge in [-0.3, -0.25) is 4.90 Å². The number of rotatable bonds is 4. The fourth-order valence-corrected chi connectivity index (χ4v) is 3.40. The highest BCUT2D eigenvalue weighted by molar-refractivity contribution is 9.10. The molecule has 1 atom stereocenters. The molecule has 1 N–H and O–H groups in total. The summed E-state index contributed by atoms with van der Waals surface area (Å²) in [6, 6.07) is 3.98. The standard InChI is InChI=1S/C16H22BrF3N2.2ClH/c1-11(2)9-15(22-7-5-21-6-8-22)13-10-12(16(18,19)20)3-4-14(13)17;;/h3-4,10-11,15,21H,5-9H2,1-2H3;2*1H/t15-;;/m0../s1. The highest BCUT2D eigenvalue weighted by Crippen LogP contribution is 2.37. The van der Waals surface area contributed by atoms with Gasteiger partial charge in [0.2, 0.25) is 0 Å². The van der Waals surface area contributed by atoms with Gasteiger partial charge in [-0.1, -0.05) is 29.8 Å². The SMILES string of the molecule is CC(C)C[C@@H](c1cc(C(F)(F)F)ccc1Br)N1CCNCC1.Cl.Cl. The van der Waals surface area contributed by atoms with Crippen molar-refractivity contribution in [3.05, 3.63) is 33.8 Å². The summed E-state index contributed by atoms with van der Waals surface area (Å²) in [5.74, 6) is 0.418. The van der Waals surface area contributed by atoms with E-state index in [1.54, 1.807) is 0 Å². The van der Waals surface area contributed by atoms with Crippen molar-refractivity contribution < 1.29 is 13.2 Å². The Kier molecular flexibility index (Phi) is 10.2. The van der Waals surface area contributed by atoms with Gasteiger partial charge in [-0.2, -0.15) is 13.2 Å². The average molecular weight is 452 g/mol. The van der Waals surface area contributed by atoms with Gasteiger partial charge in [0.25, 0.3) is 0 Å². The van der Waals surface area contributed by atoms with E-state index in [1.807, 2.05) is 0 Å². The van der Waals surface area contributed by atoms with E-state index in [-0.39, 0.29) is 30.9 Å². The van der Waals surface area contributed by atoms with Crippen LogP contribution in [0.3, 0.4) is 0 Å². The molecule has 8 heteroatoms. The van der Waals surface area contributed by atoms with Crippen LogP contribution in [0.2, 0.25) is 0 Å². The van der Waals surface area contributed by atoms with Crippen LogP contribution in [0.5, 0.6) is 0 Å². The van der Waals surface area contributed by atoms with E-state index in [0.717, 1.165) is 48.7 Å². The Balaban J connectivity index is 0.00000264. The summed E-state index contributed by atoms with van der Waals surface area (Å²) in [5, 5.41) is 3.29. The lowest BCUT2D eigenvalue weighted by molar-refractivity contribution is -0.137. The first kappa shape index (κ1) is 24.0. The minimum absolute atomic E-state index is 0. The molecule has 1 aliphatic heterocycles. The molecule has 1 aliphatic rings. The van der Waals surface area contributed by atoms with Gasteiger partial charge >= 0.3 is 6.18 Å². The molecule has 1 aromatic carbocycles. The Bertz CT molecular complexity index is 507. The topological polar surface area (TPSA) is 15.3 Å². The molecule has 2 rings (SSSR count). The van der Waals surface area contributed by atoms with Gasteiger partial charge in [-0.25, -0.2) is 0 Å². The third-order valence-corrected chi connectivity index (χ3v) is 4.69. The van der Waals surface area contributed by atoms with Gasteiger partial charge in [0.05, 0.1) is 5.56 Å². The number of hydrogen-bond acceptors (Lipinski definition) is 2. The summed E-state index contributed by atoms with van der Waals surface area (Å²) in [7, 11) is 0. The molecule has 2 nitrogen and oxygen atoms in total. The molecule has 1 aromatic rings. The van der Waals surface area contributed by atoms with Gasteiger partial charge in [-0.05, 0) is 36.1 Å². The molecule has 0 aromatic heterocycles. The number of nitrogens with one attached hydrogen (secondary N) is 1. The maximum absolute atomic E-state index is 13.0. The molecular weight excluding hydrogens is 428 g/mol. The molecule has 0 radical (unpaired) electrons. The third-order valence-electron chi connectivity index (χ3n) is 3.97. The van der Waals surface area contributed by atoms with Crippen LogP contribution in [0.4, 0.5) is 13.2 Å². The summed E-state index contributed by atoms with van der Waals surface area (Å²) in [5.41, 5.74) is 0.167. The number of halogens is 6. The van der Waals surface area contributed by atoms with E-state index in [4.69, 9.17) is 0 Å². The Morgan fingerprint density at radius 3 is 2.25 bits per heavy atom. The first-order valence-corrected chi connectivity index (χ1v) is 8.39. The highest BCUT2D eigenvalue weighted by atomic mass is 79.9. The Hall–Kier alpha value is -0.0100. The van der Waals surface area contributed by atoms with E-state index in [0.29, 0.717) is 5.92 Å². The Morgan fingerprint density at radius 1 is 1.17 bits per heavy atom. The van der Waals surface area contributed by atoms with E-state index in [1.165, 1.54) is 12.1 Å². The normalized spacial score (nSPS) is 17.1. The van der Waals surface area contributed by atoms with E-state index in [9.17, 15) is 13.2 Å². The average Bonchev–Trinajstić information content (AvgIpc) is 2.45. The lowest BCUT2D eigenvalue weighted by Crippen LogP contribution is -2.45. The van der Waals surface area contributed by atoms with Crippen molar-refractivity contribution in [3.63, 3.8) is 0 Å². The number of benzene rings is 1. The molecule has 24 heavy (non-hydrogen) atoms. The number of alkyl halides is 3. The fraction of sp³-hybridized carbons (Fsp3) is 0.625. The monoisotopic (exact) mass is 450 g/mol. The van der Waals surface area contributed by atoms with Crippen LogP contribution in [0, 0.1) is 5.92 Å². The van der Waals surface area contributed by atoms with Crippen molar-refractivity contribution in [2.75, 3.05) is 26.2 Å². The van der Waals surface area contributed by atoms with E-state index >= 15 is 0 Å². The summed E-state index contributed by atoms with van der Waals surface area (Å²) in [6.07, 6.45) is -3.46. The molecular formula is C16H24BrCl2F3N2. The largest absolute Gasteiger partial charge is 0.416 e. The smallest absolute Gasteiger partial charge is 0.314 e. The summed E-state index contributed by atoms with van der Waals surface area (Å²) < 4.78 is 39.8. The van der Waals surface area contributed by atoms with Gasteiger partial charge in [-0.15, -0.1) is 24.8 Å². The Labute approximate surface area is 162 Å². The van der Waals surface area contributed by atoms with Gasteiger partial charge < -0.3 is 5.32 Å². The molecule has 140 valence electrons. The molecule has 0 bridgehead atoms. The molecule has 0 saturated carbocycles. The number of hydrogen-bond donors (Lipinski definition) is 1. The van der Waals surface area contributed by atoms with Crippen LogP contribution in [-0.2, 0) is 6.18 Å². The van der Waals surface area contributed by atoms with Crippen LogP contribution in [0.1, 0.15) is 37.4 Å². The molecule has 0 unspecified atom stereocenters. The first-order chi connectivity index (χ1) is 10.3. The van der Waals surface area contributed by atoms with Crippen molar-refractivity contribution in [2.45, 2.75) is 32.5 Å². The molecule has 1 heterocycles. The van der Waals surface area contributed by atoms with Crippen molar-refractivity contribution in [1.29, 1.82) is 0 Å².